The number of aryl methyl sites for hydroxylation is 1. The molecule has 92 valence electrons. The van der Waals surface area contributed by atoms with Gasteiger partial charge in [0.1, 0.15) is 5.78 Å². The molecule has 0 heterocycles. The predicted molar refractivity (Wildman–Crippen MR) is 74.7 cm³/mol. The first-order chi connectivity index (χ1) is 8.66. The molecule has 0 bridgehead atoms. The summed E-state index contributed by atoms with van der Waals surface area (Å²) in [5, 5.41) is 0. The molecule has 0 spiro atoms. The topological polar surface area (TPSA) is 17.1 Å². The van der Waals surface area contributed by atoms with Crippen LogP contribution in [-0.4, -0.2) is 5.78 Å². The zero-order valence-electron chi connectivity index (χ0n) is 10.9. The summed E-state index contributed by atoms with van der Waals surface area (Å²) in [4.78, 5) is 11.8. The Hall–Kier alpha value is -1.89. The molecule has 1 unspecified atom stereocenters. The van der Waals surface area contributed by atoms with Gasteiger partial charge in [-0.2, -0.15) is 0 Å². The second-order valence-electron chi connectivity index (χ2n) is 4.76. The summed E-state index contributed by atoms with van der Waals surface area (Å²) in [7, 11) is 0. The molecule has 0 aliphatic rings. The van der Waals surface area contributed by atoms with Crippen molar-refractivity contribution in [2.24, 2.45) is 0 Å². The lowest BCUT2D eigenvalue weighted by Gasteiger charge is -2.14. The van der Waals surface area contributed by atoms with Crippen LogP contribution in [0.2, 0.25) is 0 Å². The number of Topliss-reactive ketones (excluding diaryl/α,β-unsaturated/α-hetero) is 1. The molecule has 0 N–H and O–H groups in total. The van der Waals surface area contributed by atoms with Crippen LogP contribution in [0.5, 0.6) is 0 Å². The minimum absolute atomic E-state index is 0.0334. The standard InChI is InChI=1S/C17H18O/c1-13-8-10-15(11-9-13)12-17(14(2)18)16-6-4-3-5-7-16/h3-11,17H,12H2,1-2H3. The zero-order chi connectivity index (χ0) is 13.0. The third-order valence-electron chi connectivity index (χ3n) is 3.25. The van der Waals surface area contributed by atoms with Crippen molar-refractivity contribution in [3.63, 3.8) is 0 Å². The summed E-state index contributed by atoms with van der Waals surface area (Å²) in [6.07, 6.45) is 0.777. The van der Waals surface area contributed by atoms with Gasteiger partial charge in [0.25, 0.3) is 0 Å². The van der Waals surface area contributed by atoms with Crippen LogP contribution in [0.15, 0.2) is 54.6 Å². The Bertz CT molecular complexity index is 511. The number of carbonyl (C=O) groups is 1. The molecule has 0 aliphatic heterocycles. The van der Waals surface area contributed by atoms with Gasteiger partial charge in [-0.05, 0) is 31.4 Å². The van der Waals surface area contributed by atoms with Crippen LogP contribution in [0.4, 0.5) is 0 Å². The van der Waals surface area contributed by atoms with Crippen molar-refractivity contribution in [1.82, 2.24) is 0 Å². The number of carbonyl (C=O) groups excluding carboxylic acids is 1. The second kappa shape index (κ2) is 5.63. The van der Waals surface area contributed by atoms with Gasteiger partial charge in [0.15, 0.2) is 0 Å². The van der Waals surface area contributed by atoms with Crippen molar-refractivity contribution in [3.05, 3.63) is 71.3 Å². The van der Waals surface area contributed by atoms with Gasteiger partial charge in [-0.3, -0.25) is 4.79 Å². The average molecular weight is 238 g/mol. The quantitative estimate of drug-likeness (QED) is 0.789. The summed E-state index contributed by atoms with van der Waals surface area (Å²) in [5.74, 6) is 0.190. The minimum atomic E-state index is -0.0334. The van der Waals surface area contributed by atoms with E-state index < -0.39 is 0 Å². The summed E-state index contributed by atoms with van der Waals surface area (Å²) in [6.45, 7) is 3.75. The Morgan fingerprint density at radius 1 is 1.00 bits per heavy atom. The molecule has 0 radical (unpaired) electrons. The smallest absolute Gasteiger partial charge is 0.137 e. The molecule has 0 aliphatic carbocycles. The molecule has 1 heteroatoms. The Labute approximate surface area is 108 Å². The van der Waals surface area contributed by atoms with E-state index in [1.807, 2.05) is 30.3 Å². The lowest BCUT2D eigenvalue weighted by atomic mass is 9.89. The lowest BCUT2D eigenvalue weighted by molar-refractivity contribution is -0.118. The van der Waals surface area contributed by atoms with Gasteiger partial charge in [-0.15, -0.1) is 0 Å². The first kappa shape index (κ1) is 12.6. The number of hydrogen-bond acceptors (Lipinski definition) is 1. The zero-order valence-corrected chi connectivity index (χ0v) is 10.9. The SMILES string of the molecule is CC(=O)C(Cc1ccc(C)cc1)c1ccccc1. The molecule has 2 aromatic carbocycles. The van der Waals surface area contributed by atoms with E-state index in [0.29, 0.717) is 0 Å². The highest BCUT2D eigenvalue weighted by Crippen LogP contribution is 2.22. The van der Waals surface area contributed by atoms with Crippen molar-refractivity contribution >= 4 is 5.78 Å². The van der Waals surface area contributed by atoms with Crippen molar-refractivity contribution in [3.8, 4) is 0 Å². The van der Waals surface area contributed by atoms with E-state index in [0.717, 1.165) is 12.0 Å². The molecule has 1 atom stereocenters. The Morgan fingerprint density at radius 3 is 2.17 bits per heavy atom. The molecule has 0 amide bonds. The fourth-order valence-corrected chi connectivity index (χ4v) is 2.14. The molecule has 2 rings (SSSR count). The molecule has 0 saturated heterocycles. The number of rotatable bonds is 4. The van der Waals surface area contributed by atoms with Crippen LogP contribution in [-0.2, 0) is 11.2 Å². The maximum Gasteiger partial charge on any atom is 0.137 e. The fourth-order valence-electron chi connectivity index (χ4n) is 2.14. The highest BCUT2D eigenvalue weighted by atomic mass is 16.1. The van der Waals surface area contributed by atoms with Gasteiger partial charge in [-0.25, -0.2) is 0 Å². The number of hydrogen-bond donors (Lipinski definition) is 0. The highest BCUT2D eigenvalue weighted by molar-refractivity contribution is 5.83. The number of ketones is 1. The van der Waals surface area contributed by atoms with Crippen molar-refractivity contribution in [1.29, 1.82) is 0 Å². The van der Waals surface area contributed by atoms with Crippen molar-refractivity contribution in [2.75, 3.05) is 0 Å². The molecule has 0 fully saturated rings. The van der Waals surface area contributed by atoms with Crippen molar-refractivity contribution in [2.45, 2.75) is 26.2 Å². The van der Waals surface area contributed by atoms with E-state index in [2.05, 4.69) is 31.2 Å². The summed E-state index contributed by atoms with van der Waals surface area (Å²) in [6, 6.07) is 18.4. The third-order valence-corrected chi connectivity index (χ3v) is 3.25. The van der Waals surface area contributed by atoms with E-state index in [4.69, 9.17) is 0 Å². The minimum Gasteiger partial charge on any atom is -0.299 e. The Morgan fingerprint density at radius 2 is 1.61 bits per heavy atom. The maximum absolute atomic E-state index is 11.8. The van der Waals surface area contributed by atoms with Gasteiger partial charge >= 0.3 is 0 Å². The largest absolute Gasteiger partial charge is 0.299 e. The predicted octanol–water partition coefficient (Wildman–Crippen LogP) is 3.91. The van der Waals surface area contributed by atoms with Gasteiger partial charge in [0.05, 0.1) is 0 Å². The molecule has 2 aromatic rings. The first-order valence-electron chi connectivity index (χ1n) is 6.28. The van der Waals surface area contributed by atoms with Crippen LogP contribution in [0.3, 0.4) is 0 Å². The van der Waals surface area contributed by atoms with Crippen LogP contribution < -0.4 is 0 Å². The molecular weight excluding hydrogens is 220 g/mol. The number of benzene rings is 2. The van der Waals surface area contributed by atoms with Crippen LogP contribution >= 0.6 is 0 Å². The monoisotopic (exact) mass is 238 g/mol. The Kier molecular flexibility index (Phi) is 3.93. The van der Waals surface area contributed by atoms with Gasteiger partial charge < -0.3 is 0 Å². The van der Waals surface area contributed by atoms with Crippen LogP contribution in [0.25, 0.3) is 0 Å². The van der Waals surface area contributed by atoms with Crippen LogP contribution in [0.1, 0.15) is 29.5 Å². The van der Waals surface area contributed by atoms with Gasteiger partial charge in [0, 0.05) is 5.92 Å². The Balaban J connectivity index is 2.22. The van der Waals surface area contributed by atoms with E-state index in [1.165, 1.54) is 11.1 Å². The molecule has 1 nitrogen and oxygen atoms in total. The molecule has 18 heavy (non-hydrogen) atoms. The summed E-state index contributed by atoms with van der Waals surface area (Å²) < 4.78 is 0. The van der Waals surface area contributed by atoms with E-state index in [9.17, 15) is 4.79 Å². The van der Waals surface area contributed by atoms with Gasteiger partial charge in [-0.1, -0.05) is 60.2 Å². The van der Waals surface area contributed by atoms with E-state index in [-0.39, 0.29) is 11.7 Å². The molecule has 0 aromatic heterocycles. The third kappa shape index (κ3) is 3.07. The normalized spacial score (nSPS) is 12.1. The van der Waals surface area contributed by atoms with Crippen LogP contribution in [0, 0.1) is 6.92 Å². The molecule has 0 saturated carbocycles. The van der Waals surface area contributed by atoms with Crippen molar-refractivity contribution < 1.29 is 4.79 Å². The van der Waals surface area contributed by atoms with E-state index >= 15 is 0 Å². The maximum atomic E-state index is 11.8. The fraction of sp³-hybridized carbons (Fsp3) is 0.235. The average Bonchev–Trinajstić information content (AvgIpc) is 2.38. The second-order valence-corrected chi connectivity index (χ2v) is 4.76. The summed E-state index contributed by atoms with van der Waals surface area (Å²) >= 11 is 0. The molecular formula is C17H18O. The van der Waals surface area contributed by atoms with Gasteiger partial charge in [0.2, 0.25) is 0 Å². The highest BCUT2D eigenvalue weighted by Gasteiger charge is 2.16. The van der Waals surface area contributed by atoms with E-state index in [1.54, 1.807) is 6.92 Å². The first-order valence-corrected chi connectivity index (χ1v) is 6.28. The lowest BCUT2D eigenvalue weighted by Crippen LogP contribution is -2.11. The summed E-state index contributed by atoms with van der Waals surface area (Å²) in [5.41, 5.74) is 3.56.